The van der Waals surface area contributed by atoms with Crippen LogP contribution in [0.15, 0.2) is 48.5 Å². The van der Waals surface area contributed by atoms with Gasteiger partial charge >= 0.3 is 0 Å². The molecule has 0 unspecified atom stereocenters. The number of carbonyl (C=O) groups excluding carboxylic acids is 1. The summed E-state index contributed by atoms with van der Waals surface area (Å²) < 4.78 is 5.21. The Hall–Kier alpha value is -2.53. The molecule has 2 aromatic carbocycles. The van der Waals surface area contributed by atoms with Crippen LogP contribution in [-0.4, -0.2) is 45.5 Å². The van der Waals surface area contributed by atoms with E-state index in [2.05, 4.69) is 11.8 Å². The van der Waals surface area contributed by atoms with Gasteiger partial charge in [0.05, 0.1) is 12.8 Å². The Kier molecular flexibility index (Phi) is 5.49. The maximum absolute atomic E-state index is 13.1. The van der Waals surface area contributed by atoms with Gasteiger partial charge in [-0.05, 0) is 68.0 Å². The number of aliphatic hydroxyl groups is 1. The lowest BCUT2D eigenvalue weighted by Gasteiger charge is -2.25. The zero-order chi connectivity index (χ0) is 21.5. The van der Waals surface area contributed by atoms with Crippen molar-refractivity contribution in [3.63, 3.8) is 0 Å². The molecule has 2 aromatic rings. The fourth-order valence-corrected chi connectivity index (χ4v) is 5.39. The third-order valence-electron chi connectivity index (χ3n) is 4.96. The number of methoxy groups -OCH3 is 1. The predicted octanol–water partition coefficient (Wildman–Crippen LogP) is 3.57. The van der Waals surface area contributed by atoms with Crippen LogP contribution in [0.3, 0.4) is 0 Å². The second-order valence-corrected chi connectivity index (χ2v) is 9.17. The lowest BCUT2D eigenvalue weighted by Crippen LogP contribution is -2.33. The van der Waals surface area contributed by atoms with Crippen LogP contribution in [0.4, 0.5) is 5.69 Å². The number of ether oxygens (including phenoxy) is 1. The SMILES string of the molecule is COc1ccc(N2C(=O)[C@H]3CS[C@H](c4ccc(C#CC(C)(C)O)cc4)N3C2=S)cc1. The van der Waals surface area contributed by atoms with Gasteiger partial charge in [0.25, 0.3) is 5.91 Å². The lowest BCUT2D eigenvalue weighted by molar-refractivity contribution is -0.119. The number of thiocarbonyl (C=S) groups is 1. The van der Waals surface area contributed by atoms with Crippen LogP contribution in [-0.2, 0) is 4.79 Å². The molecular formula is C23H22N2O3S2. The van der Waals surface area contributed by atoms with Crippen LogP contribution in [0.5, 0.6) is 5.75 Å². The van der Waals surface area contributed by atoms with E-state index in [1.165, 1.54) is 0 Å². The highest BCUT2D eigenvalue weighted by Gasteiger charge is 2.50. The fraction of sp³-hybridized carbons (Fsp3) is 0.304. The second-order valence-electron chi connectivity index (χ2n) is 7.69. The third kappa shape index (κ3) is 3.91. The van der Waals surface area contributed by atoms with Crippen LogP contribution in [0, 0.1) is 11.8 Å². The largest absolute Gasteiger partial charge is 0.497 e. The lowest BCUT2D eigenvalue weighted by atomic mass is 10.1. The first-order valence-corrected chi connectivity index (χ1v) is 11.0. The topological polar surface area (TPSA) is 53.0 Å². The van der Waals surface area contributed by atoms with Crippen LogP contribution in [0.2, 0.25) is 0 Å². The number of anilines is 1. The summed E-state index contributed by atoms with van der Waals surface area (Å²) in [4.78, 5) is 16.7. The monoisotopic (exact) mass is 438 g/mol. The third-order valence-corrected chi connectivity index (χ3v) is 6.67. The highest BCUT2D eigenvalue weighted by molar-refractivity contribution is 7.99. The second kappa shape index (κ2) is 7.95. The van der Waals surface area contributed by atoms with Crippen molar-refractivity contribution in [1.29, 1.82) is 0 Å². The smallest absolute Gasteiger partial charge is 0.257 e. The van der Waals surface area contributed by atoms with Gasteiger partial charge in [0.15, 0.2) is 5.11 Å². The average Bonchev–Trinajstić information content (AvgIpc) is 3.27. The van der Waals surface area contributed by atoms with E-state index in [4.69, 9.17) is 17.0 Å². The number of benzene rings is 2. The summed E-state index contributed by atoms with van der Waals surface area (Å²) in [6, 6.07) is 15.0. The molecule has 1 amide bonds. The molecule has 4 rings (SSSR count). The molecule has 7 heteroatoms. The van der Waals surface area contributed by atoms with Crippen LogP contribution < -0.4 is 9.64 Å². The Morgan fingerprint density at radius 1 is 1.17 bits per heavy atom. The van der Waals surface area contributed by atoms with E-state index in [-0.39, 0.29) is 17.3 Å². The van der Waals surface area contributed by atoms with E-state index in [9.17, 15) is 9.90 Å². The molecular weight excluding hydrogens is 416 g/mol. The summed E-state index contributed by atoms with van der Waals surface area (Å²) in [5.74, 6) is 7.23. The van der Waals surface area contributed by atoms with Crippen molar-refractivity contribution in [2.45, 2.75) is 30.9 Å². The first-order chi connectivity index (χ1) is 14.3. The molecule has 0 bridgehead atoms. The van der Waals surface area contributed by atoms with E-state index in [1.54, 1.807) is 37.6 Å². The summed E-state index contributed by atoms with van der Waals surface area (Å²) in [5.41, 5.74) is 1.63. The maximum atomic E-state index is 13.1. The van der Waals surface area contributed by atoms with Crippen LogP contribution in [0.25, 0.3) is 0 Å². The van der Waals surface area contributed by atoms with E-state index in [0.717, 1.165) is 22.6 Å². The van der Waals surface area contributed by atoms with Crippen molar-refractivity contribution < 1.29 is 14.6 Å². The molecule has 2 atom stereocenters. The normalized spacial score (nSPS) is 20.8. The first kappa shape index (κ1) is 20.7. The van der Waals surface area contributed by atoms with Crippen molar-refractivity contribution in [2.75, 3.05) is 17.8 Å². The molecule has 0 aliphatic carbocycles. The van der Waals surface area contributed by atoms with Gasteiger partial charge in [-0.25, -0.2) is 0 Å². The molecule has 2 aliphatic rings. The summed E-state index contributed by atoms with van der Waals surface area (Å²) in [5, 5.41) is 10.3. The number of fused-ring (bicyclic) bond motifs is 1. The fourth-order valence-electron chi connectivity index (χ4n) is 3.47. The average molecular weight is 439 g/mol. The van der Waals surface area contributed by atoms with Gasteiger partial charge in [-0.1, -0.05) is 24.0 Å². The maximum Gasteiger partial charge on any atom is 0.257 e. The van der Waals surface area contributed by atoms with Crippen molar-refractivity contribution >= 4 is 40.7 Å². The van der Waals surface area contributed by atoms with Crippen molar-refractivity contribution in [1.82, 2.24) is 4.90 Å². The highest BCUT2D eigenvalue weighted by atomic mass is 32.2. The number of hydrogen-bond donors (Lipinski definition) is 1. The van der Waals surface area contributed by atoms with Crippen molar-refractivity contribution in [3.05, 3.63) is 59.7 Å². The summed E-state index contributed by atoms with van der Waals surface area (Å²) in [7, 11) is 1.61. The van der Waals surface area contributed by atoms with Gasteiger partial charge in [0, 0.05) is 11.3 Å². The number of rotatable bonds is 3. The molecule has 0 radical (unpaired) electrons. The molecule has 5 nitrogen and oxygen atoms in total. The van der Waals surface area contributed by atoms with Crippen LogP contribution in [0.1, 0.15) is 30.3 Å². The molecule has 154 valence electrons. The van der Waals surface area contributed by atoms with E-state index < -0.39 is 5.60 Å². The number of hydrogen-bond acceptors (Lipinski definition) is 5. The van der Waals surface area contributed by atoms with Gasteiger partial charge in [-0.15, -0.1) is 11.8 Å². The van der Waals surface area contributed by atoms with Gasteiger partial charge in [-0.3, -0.25) is 9.69 Å². The van der Waals surface area contributed by atoms with E-state index >= 15 is 0 Å². The summed E-state index contributed by atoms with van der Waals surface area (Å²) >= 11 is 7.44. The molecule has 30 heavy (non-hydrogen) atoms. The Labute approximate surface area is 186 Å². The summed E-state index contributed by atoms with van der Waals surface area (Å²) in [6.45, 7) is 3.31. The Balaban J connectivity index is 1.57. The number of amides is 1. The van der Waals surface area contributed by atoms with Crippen LogP contribution >= 0.6 is 24.0 Å². The molecule has 0 saturated carbocycles. The van der Waals surface area contributed by atoms with Crippen molar-refractivity contribution in [2.24, 2.45) is 0 Å². The molecule has 2 aliphatic heterocycles. The minimum Gasteiger partial charge on any atom is -0.497 e. The quantitative estimate of drug-likeness (QED) is 0.584. The molecule has 1 N–H and O–H groups in total. The number of thioether (sulfide) groups is 1. The van der Waals surface area contributed by atoms with Gasteiger partial charge in [0.1, 0.15) is 22.8 Å². The van der Waals surface area contributed by atoms with E-state index in [1.807, 2.05) is 53.4 Å². The Morgan fingerprint density at radius 3 is 2.43 bits per heavy atom. The number of nitrogens with zero attached hydrogens (tertiary/aromatic N) is 2. The number of carbonyl (C=O) groups is 1. The zero-order valence-corrected chi connectivity index (χ0v) is 18.6. The molecule has 2 saturated heterocycles. The van der Waals surface area contributed by atoms with Gasteiger partial charge in [-0.2, -0.15) is 0 Å². The predicted molar refractivity (Wildman–Crippen MR) is 124 cm³/mol. The molecule has 0 aromatic heterocycles. The Morgan fingerprint density at radius 2 is 1.83 bits per heavy atom. The molecule has 2 fully saturated rings. The molecule has 2 heterocycles. The van der Waals surface area contributed by atoms with Gasteiger partial charge < -0.3 is 14.7 Å². The van der Waals surface area contributed by atoms with E-state index in [0.29, 0.717) is 10.9 Å². The minimum atomic E-state index is -1.03. The zero-order valence-electron chi connectivity index (χ0n) is 17.0. The summed E-state index contributed by atoms with van der Waals surface area (Å²) in [6.07, 6.45) is 0. The standard InChI is InChI=1S/C23H22N2O3S2/c1-23(2,27)13-12-15-4-6-16(7-5-15)21-25-19(14-30-21)20(26)24(22(25)29)17-8-10-18(28-3)11-9-17/h4-11,19,21,27H,14H2,1-3H3/t19-,21-/m1/s1. The molecule has 0 spiro atoms. The van der Waals surface area contributed by atoms with Gasteiger partial charge in [0.2, 0.25) is 0 Å². The first-order valence-electron chi connectivity index (χ1n) is 9.56. The highest BCUT2D eigenvalue weighted by Crippen LogP contribution is 2.46. The minimum absolute atomic E-state index is 0.00725. The Bertz CT molecular complexity index is 1030. The van der Waals surface area contributed by atoms with Crippen molar-refractivity contribution in [3.8, 4) is 17.6 Å².